The fraction of sp³-hybridized carbons (Fsp3) is 0.667. The largest absolute Gasteiger partial charge is 0.454 e. The Morgan fingerprint density at radius 1 is 0.792 bits per heavy atom. The third-order valence-electron chi connectivity index (χ3n) is 4.46. The minimum absolute atomic E-state index is 0.340. The minimum Gasteiger partial charge on any atom is -0.454 e. The number of nitrogens with zero attached hydrogens (tertiary/aromatic N) is 1. The molecule has 134 valence electrons. The summed E-state index contributed by atoms with van der Waals surface area (Å²) >= 11 is 0. The number of ether oxygens (including phenoxy) is 2. The quantitative estimate of drug-likeness (QED) is 0.743. The number of hydrogen-bond acceptors (Lipinski definition) is 6. The van der Waals surface area contributed by atoms with Crippen molar-refractivity contribution in [3.63, 3.8) is 0 Å². The summed E-state index contributed by atoms with van der Waals surface area (Å²) in [6.07, 6.45) is 2.35. The Hall–Kier alpha value is -1.34. The van der Waals surface area contributed by atoms with Crippen molar-refractivity contribution in [3.8, 4) is 11.5 Å². The minimum atomic E-state index is 0.340. The second kappa shape index (κ2) is 9.84. The third-order valence-corrected chi connectivity index (χ3v) is 4.46. The van der Waals surface area contributed by atoms with Gasteiger partial charge in [0.2, 0.25) is 6.79 Å². The standard InChI is InChI=1S/C18H30N4O2/c1-5-19-8-9-20-7-2-11-22(12-10-21-6-1)14-16-3-4-17-18(13-16)24-15-23-17/h3-4,13,19-21H,1-2,5-12,14-15H2. The van der Waals surface area contributed by atoms with E-state index in [4.69, 9.17) is 9.47 Å². The second-order valence-corrected chi connectivity index (χ2v) is 6.42. The van der Waals surface area contributed by atoms with Crippen LogP contribution in [0.4, 0.5) is 0 Å². The van der Waals surface area contributed by atoms with Gasteiger partial charge in [-0.15, -0.1) is 0 Å². The van der Waals surface area contributed by atoms with Crippen molar-refractivity contribution in [2.24, 2.45) is 0 Å². The molecule has 1 saturated heterocycles. The van der Waals surface area contributed by atoms with E-state index in [1.807, 2.05) is 6.07 Å². The van der Waals surface area contributed by atoms with Gasteiger partial charge in [0.1, 0.15) is 0 Å². The fourth-order valence-corrected chi connectivity index (χ4v) is 3.12. The summed E-state index contributed by atoms with van der Waals surface area (Å²) in [7, 11) is 0. The predicted octanol–water partition coefficient (Wildman–Crippen LogP) is 0.780. The summed E-state index contributed by atoms with van der Waals surface area (Å²) in [5.74, 6) is 1.74. The van der Waals surface area contributed by atoms with Crippen LogP contribution < -0.4 is 25.4 Å². The summed E-state index contributed by atoms with van der Waals surface area (Å²) in [5.41, 5.74) is 1.29. The monoisotopic (exact) mass is 334 g/mol. The lowest BCUT2D eigenvalue weighted by Crippen LogP contribution is -2.36. The number of benzene rings is 1. The molecule has 0 radical (unpaired) electrons. The normalized spacial score (nSPS) is 21.3. The van der Waals surface area contributed by atoms with Crippen LogP contribution in [0.1, 0.15) is 18.4 Å². The van der Waals surface area contributed by atoms with Crippen molar-refractivity contribution in [1.29, 1.82) is 0 Å². The van der Waals surface area contributed by atoms with E-state index in [1.165, 1.54) is 18.4 Å². The van der Waals surface area contributed by atoms with Crippen LogP contribution in [-0.2, 0) is 6.54 Å². The van der Waals surface area contributed by atoms with E-state index in [2.05, 4.69) is 33.0 Å². The van der Waals surface area contributed by atoms with E-state index < -0.39 is 0 Å². The highest BCUT2D eigenvalue weighted by Gasteiger charge is 2.14. The average Bonchev–Trinajstić information content (AvgIpc) is 3.06. The zero-order valence-electron chi connectivity index (χ0n) is 14.5. The molecule has 0 aromatic heterocycles. The number of hydrogen-bond donors (Lipinski definition) is 3. The van der Waals surface area contributed by atoms with Gasteiger partial charge in [-0.3, -0.25) is 4.90 Å². The van der Waals surface area contributed by atoms with Crippen molar-refractivity contribution >= 4 is 0 Å². The fourth-order valence-electron chi connectivity index (χ4n) is 3.12. The van der Waals surface area contributed by atoms with E-state index in [-0.39, 0.29) is 0 Å². The Morgan fingerprint density at radius 2 is 1.54 bits per heavy atom. The summed E-state index contributed by atoms with van der Waals surface area (Å²) in [5, 5.41) is 10.5. The molecule has 1 aromatic rings. The van der Waals surface area contributed by atoms with Crippen molar-refractivity contribution in [2.75, 3.05) is 59.2 Å². The molecule has 24 heavy (non-hydrogen) atoms. The molecule has 0 amide bonds. The van der Waals surface area contributed by atoms with Gasteiger partial charge in [0, 0.05) is 32.7 Å². The first-order chi connectivity index (χ1) is 11.9. The molecule has 1 fully saturated rings. The SMILES string of the molecule is c1cc2c(cc1CN1CCCNCCNCCCNCC1)OCO2. The summed E-state index contributed by atoms with van der Waals surface area (Å²) < 4.78 is 10.9. The molecular weight excluding hydrogens is 304 g/mol. The van der Waals surface area contributed by atoms with Gasteiger partial charge in [0.15, 0.2) is 11.5 Å². The number of nitrogens with one attached hydrogen (secondary N) is 3. The highest BCUT2D eigenvalue weighted by molar-refractivity contribution is 5.44. The molecule has 2 heterocycles. The van der Waals surface area contributed by atoms with Gasteiger partial charge in [-0.2, -0.15) is 0 Å². The van der Waals surface area contributed by atoms with E-state index in [0.717, 1.165) is 70.4 Å². The van der Waals surface area contributed by atoms with Crippen LogP contribution in [-0.4, -0.2) is 64.1 Å². The lowest BCUT2D eigenvalue weighted by atomic mass is 10.2. The predicted molar refractivity (Wildman–Crippen MR) is 95.7 cm³/mol. The molecule has 6 nitrogen and oxygen atoms in total. The van der Waals surface area contributed by atoms with Crippen LogP contribution in [0.15, 0.2) is 18.2 Å². The van der Waals surface area contributed by atoms with E-state index in [9.17, 15) is 0 Å². The second-order valence-electron chi connectivity index (χ2n) is 6.42. The van der Waals surface area contributed by atoms with Crippen LogP contribution in [0, 0.1) is 0 Å². The van der Waals surface area contributed by atoms with Gasteiger partial charge in [0.05, 0.1) is 0 Å². The maximum Gasteiger partial charge on any atom is 0.231 e. The van der Waals surface area contributed by atoms with Crippen LogP contribution >= 0.6 is 0 Å². The lowest BCUT2D eigenvalue weighted by Gasteiger charge is -2.23. The Balaban J connectivity index is 1.52. The lowest BCUT2D eigenvalue weighted by molar-refractivity contribution is 0.174. The number of rotatable bonds is 2. The first kappa shape index (κ1) is 17.5. The molecule has 0 spiro atoms. The van der Waals surface area contributed by atoms with Gasteiger partial charge in [0.25, 0.3) is 0 Å². The zero-order chi connectivity index (χ0) is 16.5. The molecule has 0 unspecified atom stereocenters. The molecule has 3 N–H and O–H groups in total. The van der Waals surface area contributed by atoms with Crippen LogP contribution in [0.2, 0.25) is 0 Å². The van der Waals surface area contributed by atoms with Gasteiger partial charge in [-0.05, 0) is 56.7 Å². The number of fused-ring (bicyclic) bond motifs is 1. The Morgan fingerprint density at radius 3 is 2.42 bits per heavy atom. The molecule has 2 aliphatic rings. The first-order valence-corrected chi connectivity index (χ1v) is 9.15. The van der Waals surface area contributed by atoms with Gasteiger partial charge in [-0.1, -0.05) is 6.07 Å². The third kappa shape index (κ3) is 5.63. The first-order valence-electron chi connectivity index (χ1n) is 9.15. The highest BCUT2D eigenvalue weighted by atomic mass is 16.7. The van der Waals surface area contributed by atoms with Gasteiger partial charge >= 0.3 is 0 Å². The van der Waals surface area contributed by atoms with Crippen LogP contribution in [0.25, 0.3) is 0 Å². The maximum atomic E-state index is 5.50. The highest BCUT2D eigenvalue weighted by Crippen LogP contribution is 2.32. The molecular formula is C18H30N4O2. The summed E-state index contributed by atoms with van der Waals surface area (Å²) in [6.45, 7) is 9.88. The van der Waals surface area contributed by atoms with Crippen molar-refractivity contribution < 1.29 is 9.47 Å². The Bertz CT molecular complexity index is 484. The molecule has 3 rings (SSSR count). The maximum absolute atomic E-state index is 5.50. The topological polar surface area (TPSA) is 57.8 Å². The average molecular weight is 334 g/mol. The molecule has 6 heteroatoms. The van der Waals surface area contributed by atoms with Crippen LogP contribution in [0.5, 0.6) is 11.5 Å². The summed E-state index contributed by atoms with van der Waals surface area (Å²) in [6, 6.07) is 6.29. The van der Waals surface area contributed by atoms with Crippen molar-refractivity contribution in [3.05, 3.63) is 23.8 Å². The van der Waals surface area contributed by atoms with Crippen molar-refractivity contribution in [1.82, 2.24) is 20.9 Å². The molecule has 2 aliphatic heterocycles. The smallest absolute Gasteiger partial charge is 0.231 e. The molecule has 0 aliphatic carbocycles. The molecule has 0 saturated carbocycles. The van der Waals surface area contributed by atoms with Gasteiger partial charge in [-0.25, -0.2) is 0 Å². The summed E-state index contributed by atoms with van der Waals surface area (Å²) in [4.78, 5) is 2.52. The Kier molecular flexibility index (Phi) is 7.16. The Labute approximate surface area is 144 Å². The van der Waals surface area contributed by atoms with Crippen molar-refractivity contribution in [2.45, 2.75) is 19.4 Å². The zero-order valence-corrected chi connectivity index (χ0v) is 14.5. The van der Waals surface area contributed by atoms with E-state index in [0.29, 0.717) is 6.79 Å². The van der Waals surface area contributed by atoms with Crippen LogP contribution in [0.3, 0.4) is 0 Å². The van der Waals surface area contributed by atoms with E-state index >= 15 is 0 Å². The molecule has 0 bridgehead atoms. The van der Waals surface area contributed by atoms with E-state index in [1.54, 1.807) is 0 Å². The molecule has 0 atom stereocenters. The molecule has 1 aromatic carbocycles. The van der Waals surface area contributed by atoms with Gasteiger partial charge < -0.3 is 25.4 Å².